The van der Waals surface area contributed by atoms with Crippen molar-refractivity contribution in [3.63, 3.8) is 0 Å². The lowest BCUT2D eigenvalue weighted by atomic mass is 9.95. The molecule has 0 amide bonds. The zero-order valence-electron chi connectivity index (χ0n) is 42.1. The number of rotatable bonds is 13. The van der Waals surface area contributed by atoms with Crippen molar-refractivity contribution in [2.75, 3.05) is 0 Å². The van der Waals surface area contributed by atoms with Crippen LogP contribution in [0.25, 0.3) is 0 Å². The highest BCUT2D eigenvalue weighted by Crippen LogP contribution is 2.37. The number of aliphatic hydroxyl groups is 6. The fourth-order valence-corrected chi connectivity index (χ4v) is 9.41. The molecule has 6 rings (SSSR count). The smallest absolute Gasteiger partial charge is 0.309 e. The topological polar surface area (TPSA) is 274 Å². The van der Waals surface area contributed by atoms with E-state index in [1.807, 2.05) is 0 Å². The number of aliphatic hydroxyl groups excluding tert-OH is 6. The SMILES string of the molecule is CCCCC[C@@H]1CCCCCCCCCC(=O)O[C@@H]2[C@@H](O)[C@H](O[C@@H]3[C@H](O)[C@@H](O)[C@H](O1)O[C@H]3C)O[C@@H](C)[C@@H]2O[C@H]1O[C@@H](C)[C@H](O[C@H]2O[C@@H](C)[C@H](OC(=O)C(C)C)[C@@H](O)[C@@H]2O)[C@@H](O)[C@@H]1OC(=O)[C@H](C)CC. The first-order valence-corrected chi connectivity index (χ1v) is 25.7. The highest BCUT2D eigenvalue weighted by Gasteiger charge is 2.56. The van der Waals surface area contributed by atoms with Gasteiger partial charge in [-0.2, -0.15) is 0 Å². The summed E-state index contributed by atoms with van der Waals surface area (Å²) < 4.78 is 66.9. The third-order valence-corrected chi connectivity index (χ3v) is 14.1. The van der Waals surface area contributed by atoms with E-state index in [0.717, 1.165) is 70.6 Å². The van der Waals surface area contributed by atoms with Crippen LogP contribution in [-0.2, 0) is 66.5 Å². The number of unbranched alkanes of at least 4 members (excludes halogenated alkanes) is 2. The van der Waals surface area contributed by atoms with E-state index >= 15 is 0 Å². The van der Waals surface area contributed by atoms with Gasteiger partial charge in [-0.3, -0.25) is 14.4 Å². The van der Waals surface area contributed by atoms with Gasteiger partial charge >= 0.3 is 17.9 Å². The van der Waals surface area contributed by atoms with Crippen LogP contribution in [0.1, 0.15) is 152 Å². The lowest BCUT2D eigenvalue weighted by molar-refractivity contribution is -0.383. The van der Waals surface area contributed by atoms with Crippen LogP contribution in [0.3, 0.4) is 0 Å². The van der Waals surface area contributed by atoms with Crippen molar-refractivity contribution in [2.45, 2.75) is 281 Å². The molecule has 0 aromatic carbocycles. The van der Waals surface area contributed by atoms with Crippen molar-refractivity contribution in [3.05, 3.63) is 0 Å². The molecule has 0 spiro atoms. The normalized spacial score (nSPS) is 42.7. The van der Waals surface area contributed by atoms with E-state index in [2.05, 4.69) is 6.92 Å². The predicted octanol–water partition coefficient (Wildman–Crippen LogP) is 3.21. The van der Waals surface area contributed by atoms with Gasteiger partial charge in [0.2, 0.25) is 0 Å². The minimum absolute atomic E-state index is 0.0282. The number of fused-ring (bicyclic) bond motifs is 14. The van der Waals surface area contributed by atoms with Crippen LogP contribution in [0, 0.1) is 11.8 Å². The van der Waals surface area contributed by atoms with Gasteiger partial charge in [0.1, 0.15) is 54.9 Å². The van der Waals surface area contributed by atoms with Gasteiger partial charge in [-0.1, -0.05) is 92.4 Å². The molecule has 0 aliphatic carbocycles. The highest BCUT2D eigenvalue weighted by molar-refractivity contribution is 5.72. The van der Waals surface area contributed by atoms with Gasteiger partial charge in [0.25, 0.3) is 0 Å². The molecule has 69 heavy (non-hydrogen) atoms. The van der Waals surface area contributed by atoms with Crippen molar-refractivity contribution < 1.29 is 97.1 Å². The number of ether oxygens (including phenoxy) is 11. The summed E-state index contributed by atoms with van der Waals surface area (Å²) in [6.45, 7) is 15.0. The highest BCUT2D eigenvalue weighted by atomic mass is 16.8. The summed E-state index contributed by atoms with van der Waals surface area (Å²) in [6, 6.07) is 0. The third kappa shape index (κ3) is 15.2. The molecule has 0 aromatic rings. The summed E-state index contributed by atoms with van der Waals surface area (Å²) >= 11 is 0. The average Bonchev–Trinajstić information content (AvgIpc) is 3.30. The zero-order chi connectivity index (χ0) is 50.7. The first kappa shape index (κ1) is 57.7. The second-order valence-corrected chi connectivity index (χ2v) is 20.1. The molecule has 0 radical (unpaired) electrons. The number of hydrogen-bond donors (Lipinski definition) is 6. The fourth-order valence-electron chi connectivity index (χ4n) is 9.41. The minimum atomic E-state index is -1.76. The maximum absolute atomic E-state index is 13.6. The molecule has 6 aliphatic rings. The molecular weight excluding hydrogens is 909 g/mol. The average molecular weight is 993 g/mol. The first-order valence-electron chi connectivity index (χ1n) is 25.7. The molecule has 20 heteroatoms. The fraction of sp³-hybridized carbons (Fsp3) is 0.939. The maximum Gasteiger partial charge on any atom is 0.309 e. The molecule has 6 heterocycles. The monoisotopic (exact) mass is 993 g/mol. The van der Waals surface area contributed by atoms with E-state index in [4.69, 9.17) is 52.1 Å². The van der Waals surface area contributed by atoms with Gasteiger partial charge < -0.3 is 82.7 Å². The predicted molar refractivity (Wildman–Crippen MR) is 243 cm³/mol. The van der Waals surface area contributed by atoms with Crippen LogP contribution in [-0.4, -0.2) is 177 Å². The van der Waals surface area contributed by atoms with Crippen molar-refractivity contribution in [1.82, 2.24) is 0 Å². The molecule has 20 nitrogen and oxygen atoms in total. The summed E-state index contributed by atoms with van der Waals surface area (Å²) in [6.07, 6.45) is -17.1. The molecule has 6 N–H and O–H groups in total. The van der Waals surface area contributed by atoms with Gasteiger partial charge in [-0.05, 0) is 53.4 Å². The Kier molecular flexibility index (Phi) is 22.8. The van der Waals surface area contributed by atoms with Crippen LogP contribution in [0.15, 0.2) is 0 Å². The molecule has 22 atom stereocenters. The quantitative estimate of drug-likeness (QED) is 0.0878. The summed E-state index contributed by atoms with van der Waals surface area (Å²) in [4.78, 5) is 39.4. The summed E-state index contributed by atoms with van der Waals surface area (Å²) in [7, 11) is 0. The van der Waals surface area contributed by atoms with Gasteiger partial charge in [-0.25, -0.2) is 0 Å². The maximum atomic E-state index is 13.6. The third-order valence-electron chi connectivity index (χ3n) is 14.1. The lowest BCUT2D eigenvalue weighted by Gasteiger charge is -2.49. The van der Waals surface area contributed by atoms with Crippen LogP contribution in [0.4, 0.5) is 0 Å². The molecule has 6 saturated heterocycles. The Morgan fingerprint density at radius 1 is 0.565 bits per heavy atom. The summed E-state index contributed by atoms with van der Waals surface area (Å²) in [5, 5.41) is 69.0. The molecule has 6 aliphatic heterocycles. The Labute approximate surface area is 407 Å². The van der Waals surface area contributed by atoms with Crippen molar-refractivity contribution >= 4 is 17.9 Å². The zero-order valence-corrected chi connectivity index (χ0v) is 42.1. The van der Waals surface area contributed by atoms with Crippen LogP contribution >= 0.6 is 0 Å². The molecule has 400 valence electrons. The molecular formula is C49H84O20. The Bertz CT molecular complexity index is 1570. The Morgan fingerprint density at radius 3 is 1.81 bits per heavy atom. The van der Waals surface area contributed by atoms with Gasteiger partial charge in [0, 0.05) is 6.42 Å². The molecule has 4 bridgehead atoms. The molecule has 6 fully saturated rings. The standard InChI is InChI=1S/C49H84O20/c1-10-12-18-21-30-22-19-16-14-13-15-17-20-23-31(50)64-42-37(56)48(67-39-27(7)59-46(63-30)34(53)33(39)52)61-29(9)41(42)69-49-43(66-45(58)25(5)11-2)36(55)40(28(8)62-49)68-47-35(54)32(51)38(26(6)60-47)65-44(57)24(3)4/h24-30,32-43,46-49,51-56H,10-23H2,1-9H3/t25-,26+,27+,28+,29+,30-,32+,33-,34-,35+,36-,37-,38+,39+,40+,41+,42-,43+,46+,47-,48+,49-/m1/s1. The van der Waals surface area contributed by atoms with Crippen LogP contribution in [0.2, 0.25) is 0 Å². The van der Waals surface area contributed by atoms with Crippen LogP contribution < -0.4 is 0 Å². The second-order valence-electron chi connectivity index (χ2n) is 20.1. The van der Waals surface area contributed by atoms with Crippen LogP contribution in [0.5, 0.6) is 0 Å². The summed E-state index contributed by atoms with van der Waals surface area (Å²) in [5.74, 6) is -3.11. The summed E-state index contributed by atoms with van der Waals surface area (Å²) in [5.41, 5.74) is 0. The van der Waals surface area contributed by atoms with Crippen molar-refractivity contribution in [3.8, 4) is 0 Å². The minimum Gasteiger partial charge on any atom is -0.457 e. The van der Waals surface area contributed by atoms with E-state index in [9.17, 15) is 45.0 Å². The Balaban J connectivity index is 1.38. The van der Waals surface area contributed by atoms with E-state index in [-0.39, 0.29) is 12.5 Å². The second kappa shape index (κ2) is 27.2. The molecule has 0 unspecified atom stereocenters. The number of carbonyl (C=O) groups excluding carboxylic acids is 3. The first-order chi connectivity index (χ1) is 32.8. The van der Waals surface area contributed by atoms with Crippen molar-refractivity contribution in [1.29, 1.82) is 0 Å². The van der Waals surface area contributed by atoms with Gasteiger partial charge in [0.05, 0.1) is 42.4 Å². The Hall–Kier alpha value is -2.15. The number of hydrogen-bond acceptors (Lipinski definition) is 20. The van der Waals surface area contributed by atoms with Gasteiger partial charge in [-0.15, -0.1) is 0 Å². The van der Waals surface area contributed by atoms with Gasteiger partial charge in [0.15, 0.2) is 43.5 Å². The molecule has 0 saturated carbocycles. The van der Waals surface area contributed by atoms with E-state index in [0.29, 0.717) is 12.8 Å². The molecule has 0 aromatic heterocycles. The Morgan fingerprint density at radius 2 is 1.14 bits per heavy atom. The van der Waals surface area contributed by atoms with E-state index < -0.39 is 153 Å². The number of esters is 3. The van der Waals surface area contributed by atoms with Crippen molar-refractivity contribution in [2.24, 2.45) is 11.8 Å². The van der Waals surface area contributed by atoms with E-state index in [1.54, 1.807) is 41.5 Å². The number of carbonyl (C=O) groups is 3. The lowest BCUT2D eigenvalue weighted by Crippen LogP contribution is -2.67. The largest absolute Gasteiger partial charge is 0.457 e. The van der Waals surface area contributed by atoms with E-state index in [1.165, 1.54) is 13.8 Å².